The molecule has 0 radical (unpaired) electrons. The van der Waals surface area contributed by atoms with Gasteiger partial charge in [-0.05, 0) is 31.7 Å². The lowest BCUT2D eigenvalue weighted by Crippen LogP contribution is -2.34. The van der Waals surface area contributed by atoms with Crippen LogP contribution in [0.1, 0.15) is 19.3 Å². The summed E-state index contributed by atoms with van der Waals surface area (Å²) in [5, 5.41) is 8.72. The largest absolute Gasteiger partial charge is 0.480 e. The number of aliphatic carboxylic acids is 1. The van der Waals surface area contributed by atoms with Gasteiger partial charge in [0.25, 0.3) is 0 Å². The Morgan fingerprint density at radius 1 is 1.13 bits per heavy atom. The van der Waals surface area contributed by atoms with Gasteiger partial charge < -0.3 is 10.0 Å². The fourth-order valence-corrected chi connectivity index (χ4v) is 2.22. The van der Waals surface area contributed by atoms with Crippen LogP contribution < -0.4 is 0 Å². The second-order valence-electron chi connectivity index (χ2n) is 4.77. The molecule has 2 aliphatic rings. The molecule has 0 bridgehead atoms. The van der Waals surface area contributed by atoms with Gasteiger partial charge in [-0.3, -0.25) is 9.69 Å². The van der Waals surface area contributed by atoms with Crippen LogP contribution in [0.4, 0.5) is 0 Å². The molecule has 1 aliphatic heterocycles. The molecule has 0 spiro atoms. The average Bonchev–Trinajstić information content (AvgIpc) is 2.95. The first-order valence-electron chi connectivity index (χ1n) is 5.90. The number of carboxylic acids is 1. The van der Waals surface area contributed by atoms with Crippen molar-refractivity contribution < 1.29 is 9.90 Å². The lowest BCUT2D eigenvalue weighted by molar-refractivity contribution is -0.138. The van der Waals surface area contributed by atoms with Crippen molar-refractivity contribution in [3.05, 3.63) is 0 Å². The lowest BCUT2D eigenvalue weighted by Gasteiger charge is -2.20. The van der Waals surface area contributed by atoms with Crippen LogP contribution >= 0.6 is 0 Å². The Kier molecular flexibility index (Phi) is 3.59. The highest BCUT2D eigenvalue weighted by Crippen LogP contribution is 2.29. The molecule has 86 valence electrons. The number of nitrogens with zero attached hydrogens (tertiary/aromatic N) is 2. The fraction of sp³-hybridized carbons (Fsp3) is 0.909. The minimum absolute atomic E-state index is 0.206. The molecule has 1 heterocycles. The van der Waals surface area contributed by atoms with E-state index in [1.54, 1.807) is 0 Å². The molecular weight excluding hydrogens is 192 g/mol. The first-order chi connectivity index (χ1) is 7.24. The highest BCUT2D eigenvalue weighted by molar-refractivity contribution is 5.69. The third kappa shape index (κ3) is 3.80. The first kappa shape index (κ1) is 10.9. The van der Waals surface area contributed by atoms with Crippen LogP contribution in [0.15, 0.2) is 0 Å². The third-order valence-electron chi connectivity index (χ3n) is 3.25. The quantitative estimate of drug-likeness (QED) is 0.736. The molecule has 0 unspecified atom stereocenters. The van der Waals surface area contributed by atoms with Gasteiger partial charge in [-0.2, -0.15) is 0 Å². The zero-order chi connectivity index (χ0) is 10.7. The van der Waals surface area contributed by atoms with Crippen LogP contribution in [-0.4, -0.2) is 60.1 Å². The van der Waals surface area contributed by atoms with Crippen LogP contribution in [0.2, 0.25) is 0 Å². The van der Waals surface area contributed by atoms with Gasteiger partial charge in [-0.1, -0.05) is 0 Å². The first-order valence-corrected chi connectivity index (χ1v) is 5.90. The van der Waals surface area contributed by atoms with E-state index in [4.69, 9.17) is 5.11 Å². The van der Waals surface area contributed by atoms with Crippen molar-refractivity contribution in [1.29, 1.82) is 0 Å². The number of rotatable bonds is 4. The van der Waals surface area contributed by atoms with Gasteiger partial charge in [0, 0.05) is 26.2 Å². The van der Waals surface area contributed by atoms with E-state index >= 15 is 0 Å². The SMILES string of the molecule is O=C(O)CN1CCCN(CC2CC2)CC1. The Hall–Kier alpha value is -0.610. The van der Waals surface area contributed by atoms with Gasteiger partial charge >= 0.3 is 5.97 Å². The molecule has 1 saturated carbocycles. The van der Waals surface area contributed by atoms with E-state index in [2.05, 4.69) is 9.80 Å². The molecule has 0 aromatic rings. The molecule has 1 aliphatic carbocycles. The van der Waals surface area contributed by atoms with E-state index in [1.807, 2.05) is 0 Å². The molecule has 0 amide bonds. The van der Waals surface area contributed by atoms with Gasteiger partial charge in [0.05, 0.1) is 6.54 Å². The molecule has 1 N–H and O–H groups in total. The number of carboxylic acid groups (broad SMARTS) is 1. The maximum Gasteiger partial charge on any atom is 0.317 e. The summed E-state index contributed by atoms with van der Waals surface area (Å²) in [5.41, 5.74) is 0. The zero-order valence-corrected chi connectivity index (χ0v) is 9.19. The summed E-state index contributed by atoms with van der Waals surface area (Å²) in [6, 6.07) is 0. The second-order valence-corrected chi connectivity index (χ2v) is 4.77. The Labute approximate surface area is 90.9 Å². The van der Waals surface area contributed by atoms with E-state index in [-0.39, 0.29) is 6.54 Å². The van der Waals surface area contributed by atoms with E-state index in [1.165, 1.54) is 19.4 Å². The van der Waals surface area contributed by atoms with Crippen LogP contribution in [-0.2, 0) is 4.79 Å². The molecule has 2 rings (SSSR count). The molecule has 1 saturated heterocycles. The molecule has 0 aromatic heterocycles. The van der Waals surface area contributed by atoms with Crippen molar-refractivity contribution >= 4 is 5.97 Å². The van der Waals surface area contributed by atoms with Crippen molar-refractivity contribution in [3.8, 4) is 0 Å². The monoisotopic (exact) mass is 212 g/mol. The normalized spacial score (nSPS) is 25.1. The number of hydrogen-bond acceptors (Lipinski definition) is 3. The fourth-order valence-electron chi connectivity index (χ4n) is 2.22. The summed E-state index contributed by atoms with van der Waals surface area (Å²) >= 11 is 0. The number of hydrogen-bond donors (Lipinski definition) is 1. The van der Waals surface area contributed by atoms with Crippen LogP contribution in [0, 0.1) is 5.92 Å². The van der Waals surface area contributed by atoms with E-state index < -0.39 is 5.97 Å². The van der Waals surface area contributed by atoms with Crippen molar-refractivity contribution in [1.82, 2.24) is 9.80 Å². The Morgan fingerprint density at radius 3 is 2.47 bits per heavy atom. The minimum Gasteiger partial charge on any atom is -0.480 e. The van der Waals surface area contributed by atoms with Gasteiger partial charge in [0.2, 0.25) is 0 Å². The molecular formula is C11H20N2O2. The Morgan fingerprint density at radius 2 is 1.80 bits per heavy atom. The van der Waals surface area contributed by atoms with E-state index in [0.29, 0.717) is 0 Å². The van der Waals surface area contributed by atoms with Crippen molar-refractivity contribution in [2.75, 3.05) is 39.3 Å². The average molecular weight is 212 g/mol. The highest BCUT2D eigenvalue weighted by atomic mass is 16.4. The van der Waals surface area contributed by atoms with Gasteiger partial charge in [-0.25, -0.2) is 0 Å². The Balaban J connectivity index is 1.72. The van der Waals surface area contributed by atoms with Crippen LogP contribution in [0.3, 0.4) is 0 Å². The maximum absolute atomic E-state index is 10.6. The summed E-state index contributed by atoms with van der Waals surface area (Å²) in [5.74, 6) is 0.238. The topological polar surface area (TPSA) is 43.8 Å². The predicted molar refractivity (Wildman–Crippen MR) is 57.9 cm³/mol. The molecule has 15 heavy (non-hydrogen) atoms. The molecule has 4 nitrogen and oxygen atoms in total. The summed E-state index contributed by atoms with van der Waals surface area (Å²) in [6.45, 7) is 5.49. The predicted octanol–water partition coefficient (Wildman–Crippen LogP) is 0.489. The second kappa shape index (κ2) is 4.94. The summed E-state index contributed by atoms with van der Waals surface area (Å²) < 4.78 is 0. The summed E-state index contributed by atoms with van der Waals surface area (Å²) in [4.78, 5) is 15.1. The summed E-state index contributed by atoms with van der Waals surface area (Å²) in [6.07, 6.45) is 3.91. The van der Waals surface area contributed by atoms with Crippen LogP contribution in [0.5, 0.6) is 0 Å². The minimum atomic E-state index is -0.703. The third-order valence-corrected chi connectivity index (χ3v) is 3.25. The van der Waals surface area contributed by atoms with Gasteiger partial charge in [0.15, 0.2) is 0 Å². The maximum atomic E-state index is 10.6. The standard InChI is InChI=1S/C11H20N2O2/c14-11(15)9-13-5-1-4-12(6-7-13)8-10-2-3-10/h10H,1-9H2,(H,14,15). The molecule has 4 heteroatoms. The van der Waals surface area contributed by atoms with Gasteiger partial charge in [-0.15, -0.1) is 0 Å². The highest BCUT2D eigenvalue weighted by Gasteiger charge is 2.25. The van der Waals surface area contributed by atoms with E-state index in [9.17, 15) is 4.79 Å². The van der Waals surface area contributed by atoms with Crippen molar-refractivity contribution in [3.63, 3.8) is 0 Å². The smallest absolute Gasteiger partial charge is 0.317 e. The zero-order valence-electron chi connectivity index (χ0n) is 9.19. The molecule has 0 aromatic carbocycles. The van der Waals surface area contributed by atoms with E-state index in [0.717, 1.165) is 38.5 Å². The van der Waals surface area contributed by atoms with Gasteiger partial charge in [0.1, 0.15) is 0 Å². The lowest BCUT2D eigenvalue weighted by atomic mass is 10.3. The molecule has 0 atom stereocenters. The molecule has 2 fully saturated rings. The summed E-state index contributed by atoms with van der Waals surface area (Å²) in [7, 11) is 0. The van der Waals surface area contributed by atoms with Crippen LogP contribution in [0.25, 0.3) is 0 Å². The van der Waals surface area contributed by atoms with Crippen molar-refractivity contribution in [2.45, 2.75) is 19.3 Å². The van der Waals surface area contributed by atoms with Crippen molar-refractivity contribution in [2.24, 2.45) is 5.92 Å². The number of carbonyl (C=O) groups is 1. The Bertz CT molecular complexity index is 229.